The molecule has 4 heterocycles. The fraction of sp³-hybridized carbons (Fsp3) is 0. The van der Waals surface area contributed by atoms with E-state index in [2.05, 4.69) is 209 Å². The Morgan fingerprint density at radius 3 is 1.20 bits per heavy atom. The Hall–Kier alpha value is -8.97. The van der Waals surface area contributed by atoms with E-state index in [4.69, 9.17) is 15.0 Å². The van der Waals surface area contributed by atoms with Gasteiger partial charge >= 0.3 is 0 Å². The average Bonchev–Trinajstić information content (AvgIpc) is 4.09. The Kier molecular flexibility index (Phi) is 9.00. The number of benzene rings is 10. The Labute approximate surface area is 401 Å². The maximum Gasteiger partial charge on any atom is 0.165 e. The molecule has 5 nitrogen and oxygen atoms in total. The van der Waals surface area contributed by atoms with Crippen molar-refractivity contribution >= 4 is 75.1 Å². The SMILES string of the molecule is c1ccc(-c2nc(-c3ccccc3)nc(-c3cccc4c3sc3c(-c5ccc6c(c5)c5cc(-c7ccc8c(c7)c7ccccc7n8-c7ccccc7)ccc5n6-c5ccccc5)cccc34)n2)cc1. The molecule has 0 unspecified atom stereocenters. The number of fused-ring (bicyclic) bond motifs is 9. The van der Waals surface area contributed by atoms with Gasteiger partial charge in [0.15, 0.2) is 17.5 Å². The first-order valence-electron chi connectivity index (χ1n) is 23.3. The van der Waals surface area contributed by atoms with Crippen LogP contribution in [-0.4, -0.2) is 24.1 Å². The van der Waals surface area contributed by atoms with Crippen molar-refractivity contribution < 1.29 is 0 Å². The Morgan fingerprint density at radius 2 is 0.652 bits per heavy atom. The number of para-hydroxylation sites is 3. The third-order valence-corrected chi connectivity index (χ3v) is 14.9. The quantitative estimate of drug-likeness (QED) is 0.160. The topological polar surface area (TPSA) is 48.5 Å². The van der Waals surface area contributed by atoms with Gasteiger partial charge in [-0.2, -0.15) is 0 Å². The van der Waals surface area contributed by atoms with Crippen molar-refractivity contribution in [1.29, 1.82) is 0 Å². The van der Waals surface area contributed by atoms with Crippen LogP contribution in [0.25, 0.3) is 132 Å². The molecule has 0 bridgehead atoms. The van der Waals surface area contributed by atoms with Crippen LogP contribution >= 0.6 is 11.3 Å². The van der Waals surface area contributed by atoms with Gasteiger partial charge in [0.25, 0.3) is 0 Å². The number of thiophene rings is 1. The zero-order valence-electron chi connectivity index (χ0n) is 37.2. The van der Waals surface area contributed by atoms with Crippen LogP contribution in [0.2, 0.25) is 0 Å². The van der Waals surface area contributed by atoms with Crippen molar-refractivity contribution in [1.82, 2.24) is 24.1 Å². The van der Waals surface area contributed by atoms with Crippen molar-refractivity contribution in [2.75, 3.05) is 0 Å². The molecule has 69 heavy (non-hydrogen) atoms. The molecule has 0 amide bonds. The van der Waals surface area contributed by atoms with E-state index in [1.54, 1.807) is 0 Å². The highest BCUT2D eigenvalue weighted by molar-refractivity contribution is 7.26. The first-order chi connectivity index (χ1) is 34.2. The van der Waals surface area contributed by atoms with Crippen LogP contribution in [0.4, 0.5) is 0 Å². The smallest absolute Gasteiger partial charge is 0.165 e. The fourth-order valence-corrected chi connectivity index (χ4v) is 11.7. The molecule has 0 spiro atoms. The van der Waals surface area contributed by atoms with Gasteiger partial charge in [0.1, 0.15) is 0 Å². The summed E-state index contributed by atoms with van der Waals surface area (Å²) in [6.45, 7) is 0. The third-order valence-electron chi connectivity index (χ3n) is 13.6. The minimum Gasteiger partial charge on any atom is -0.309 e. The summed E-state index contributed by atoms with van der Waals surface area (Å²) in [7, 11) is 0. The van der Waals surface area contributed by atoms with Crippen LogP contribution in [0, 0.1) is 0 Å². The van der Waals surface area contributed by atoms with Crippen molar-refractivity contribution in [2.45, 2.75) is 0 Å². The van der Waals surface area contributed by atoms with E-state index in [1.165, 1.54) is 81.3 Å². The van der Waals surface area contributed by atoms with Gasteiger partial charge in [-0.1, -0.05) is 164 Å². The molecule has 0 aliphatic carbocycles. The zero-order chi connectivity index (χ0) is 45.4. The lowest BCUT2D eigenvalue weighted by Gasteiger charge is -2.09. The van der Waals surface area contributed by atoms with E-state index in [-0.39, 0.29) is 0 Å². The van der Waals surface area contributed by atoms with E-state index >= 15 is 0 Å². The summed E-state index contributed by atoms with van der Waals surface area (Å²) < 4.78 is 7.17. The molecule has 0 aliphatic rings. The normalized spacial score (nSPS) is 11.8. The Morgan fingerprint density at radius 1 is 0.261 bits per heavy atom. The van der Waals surface area contributed by atoms with Crippen molar-refractivity contribution in [2.24, 2.45) is 0 Å². The van der Waals surface area contributed by atoms with Crippen LogP contribution in [0.5, 0.6) is 0 Å². The van der Waals surface area contributed by atoms with Crippen molar-refractivity contribution in [3.05, 3.63) is 237 Å². The first-order valence-corrected chi connectivity index (χ1v) is 24.1. The number of hydrogen-bond acceptors (Lipinski definition) is 4. The van der Waals surface area contributed by atoms with Gasteiger partial charge in [0, 0.05) is 69.8 Å². The minimum atomic E-state index is 0.653. The first kappa shape index (κ1) is 39.2. The van der Waals surface area contributed by atoms with Crippen LogP contribution in [0.1, 0.15) is 0 Å². The largest absolute Gasteiger partial charge is 0.309 e. The van der Waals surface area contributed by atoms with Gasteiger partial charge in [0.05, 0.1) is 22.1 Å². The van der Waals surface area contributed by atoms with Crippen LogP contribution in [0.15, 0.2) is 237 Å². The highest BCUT2D eigenvalue weighted by Crippen LogP contribution is 2.45. The fourth-order valence-electron chi connectivity index (χ4n) is 10.4. The molecule has 14 aromatic rings. The average molecular weight is 898 g/mol. The second-order valence-electron chi connectivity index (χ2n) is 17.6. The highest BCUT2D eigenvalue weighted by Gasteiger charge is 2.21. The predicted molar refractivity (Wildman–Crippen MR) is 289 cm³/mol. The van der Waals surface area contributed by atoms with E-state index in [1.807, 2.05) is 47.7 Å². The van der Waals surface area contributed by atoms with Gasteiger partial charge in [-0.05, 0) is 95.1 Å². The summed E-state index contributed by atoms with van der Waals surface area (Å²) in [5.41, 5.74) is 14.7. The predicted octanol–water partition coefficient (Wildman–Crippen LogP) is 16.8. The van der Waals surface area contributed by atoms with E-state index in [9.17, 15) is 0 Å². The van der Waals surface area contributed by atoms with Gasteiger partial charge < -0.3 is 9.13 Å². The van der Waals surface area contributed by atoms with E-state index in [0.717, 1.165) is 32.8 Å². The molecule has 0 fully saturated rings. The van der Waals surface area contributed by atoms with Crippen LogP contribution < -0.4 is 0 Å². The molecule has 14 rings (SSSR count). The lowest BCUT2D eigenvalue weighted by atomic mass is 9.98. The molecule has 322 valence electrons. The second-order valence-corrected chi connectivity index (χ2v) is 18.6. The molecule has 0 aliphatic heterocycles. The summed E-state index contributed by atoms with van der Waals surface area (Å²) in [5, 5.41) is 7.31. The molecule has 0 N–H and O–H groups in total. The molecular weight excluding hydrogens is 859 g/mol. The number of rotatable bonds is 7. The second kappa shape index (κ2) is 15.8. The zero-order valence-corrected chi connectivity index (χ0v) is 38.0. The third kappa shape index (κ3) is 6.41. The summed E-state index contributed by atoms with van der Waals surface area (Å²) >= 11 is 1.81. The summed E-state index contributed by atoms with van der Waals surface area (Å²) in [6.07, 6.45) is 0. The summed E-state index contributed by atoms with van der Waals surface area (Å²) in [6, 6.07) is 84.6. The monoisotopic (exact) mass is 897 g/mol. The molecular formula is C63H39N5S. The Balaban J connectivity index is 0.939. The van der Waals surface area contributed by atoms with Gasteiger partial charge in [-0.15, -0.1) is 11.3 Å². The van der Waals surface area contributed by atoms with E-state index < -0.39 is 0 Å². The van der Waals surface area contributed by atoms with Crippen molar-refractivity contribution in [3.63, 3.8) is 0 Å². The molecule has 4 aromatic heterocycles. The van der Waals surface area contributed by atoms with Gasteiger partial charge in [0.2, 0.25) is 0 Å². The van der Waals surface area contributed by atoms with Crippen LogP contribution in [0.3, 0.4) is 0 Å². The molecule has 10 aromatic carbocycles. The number of hydrogen-bond donors (Lipinski definition) is 0. The molecule has 0 atom stereocenters. The molecule has 0 saturated heterocycles. The van der Waals surface area contributed by atoms with Gasteiger partial charge in [-0.3, -0.25) is 0 Å². The minimum absolute atomic E-state index is 0.653. The van der Waals surface area contributed by atoms with E-state index in [0.29, 0.717) is 17.5 Å². The standard InChI is InChI=1S/C63H39N5S/c1-5-17-40(18-6-1)61-64-62(41-19-7-2-8-20-41)66-63(65-61)51-29-16-28-50-49-27-15-26-47(59(49)69-60(50)51)44-33-36-58-54(39-44)53-38-43(32-35-57(53)68(58)46-23-11-4-12-24-46)42-31-34-56-52(37-42)48-25-13-14-30-55(48)67(56)45-21-9-3-10-22-45/h1-39H. The summed E-state index contributed by atoms with van der Waals surface area (Å²) in [5.74, 6) is 1.97. The highest BCUT2D eigenvalue weighted by atomic mass is 32.1. The molecule has 6 heteroatoms. The van der Waals surface area contributed by atoms with Crippen LogP contribution in [-0.2, 0) is 0 Å². The number of nitrogens with zero attached hydrogens (tertiary/aromatic N) is 5. The maximum atomic E-state index is 5.14. The lowest BCUT2D eigenvalue weighted by molar-refractivity contribution is 1.08. The maximum absolute atomic E-state index is 5.14. The summed E-state index contributed by atoms with van der Waals surface area (Å²) in [4.78, 5) is 15.3. The Bertz CT molecular complexity index is 4230. The molecule has 0 radical (unpaired) electrons. The number of aromatic nitrogens is 5. The lowest BCUT2D eigenvalue weighted by Crippen LogP contribution is -2.00. The molecule has 0 saturated carbocycles. The van der Waals surface area contributed by atoms with Gasteiger partial charge in [-0.25, -0.2) is 15.0 Å². The van der Waals surface area contributed by atoms with Crippen molar-refractivity contribution in [3.8, 4) is 67.8 Å².